The van der Waals surface area contributed by atoms with Crippen molar-refractivity contribution in [2.24, 2.45) is 11.3 Å². The van der Waals surface area contributed by atoms with Crippen molar-refractivity contribution in [3.63, 3.8) is 0 Å². The van der Waals surface area contributed by atoms with Crippen molar-refractivity contribution in [1.82, 2.24) is 20.4 Å². The second-order valence-electron chi connectivity index (χ2n) is 8.23. The fraction of sp³-hybridized carbons (Fsp3) is 0.684. The molecule has 3 fully saturated rings. The molecule has 0 aromatic carbocycles. The van der Waals surface area contributed by atoms with Crippen LogP contribution in [0.4, 0.5) is 0 Å². The highest BCUT2D eigenvalue weighted by atomic mass is 16.5. The summed E-state index contributed by atoms with van der Waals surface area (Å²) in [6.07, 6.45) is 5.45. The first kappa shape index (κ1) is 17.4. The standard InChI is InChI=1S/C19H26N4O3/c1-12-8-13(2)26-16(12)17(24)20-10-14-9-19(5-6-19)11-23(14)18(25)15-4-3-7-21-22-15/h3-4,7,12-14,16H,5-6,8-11H2,1-2H3,(H,20,24). The average molecular weight is 358 g/mol. The highest BCUT2D eigenvalue weighted by Crippen LogP contribution is 2.54. The van der Waals surface area contributed by atoms with Gasteiger partial charge in [-0.3, -0.25) is 9.59 Å². The lowest BCUT2D eigenvalue weighted by Gasteiger charge is -2.25. The first-order chi connectivity index (χ1) is 12.5. The van der Waals surface area contributed by atoms with Crippen LogP contribution in [0.5, 0.6) is 0 Å². The molecule has 4 unspecified atom stereocenters. The first-order valence-electron chi connectivity index (χ1n) is 9.49. The monoisotopic (exact) mass is 358 g/mol. The molecule has 7 nitrogen and oxygen atoms in total. The Hall–Kier alpha value is -2.02. The van der Waals surface area contributed by atoms with Gasteiger partial charge in [0.25, 0.3) is 5.91 Å². The van der Waals surface area contributed by atoms with Gasteiger partial charge < -0.3 is 15.0 Å². The van der Waals surface area contributed by atoms with Crippen molar-refractivity contribution in [3.05, 3.63) is 24.0 Å². The Morgan fingerprint density at radius 2 is 2.19 bits per heavy atom. The van der Waals surface area contributed by atoms with E-state index in [4.69, 9.17) is 4.74 Å². The first-order valence-corrected chi connectivity index (χ1v) is 9.49. The van der Waals surface area contributed by atoms with E-state index >= 15 is 0 Å². The minimum atomic E-state index is -0.384. The van der Waals surface area contributed by atoms with Crippen LogP contribution in [-0.4, -0.2) is 58.3 Å². The zero-order valence-electron chi connectivity index (χ0n) is 15.4. The molecular weight excluding hydrogens is 332 g/mol. The van der Waals surface area contributed by atoms with E-state index in [0.717, 1.165) is 32.2 Å². The van der Waals surface area contributed by atoms with Crippen molar-refractivity contribution in [2.45, 2.75) is 57.8 Å². The summed E-state index contributed by atoms with van der Waals surface area (Å²) in [4.78, 5) is 27.2. The van der Waals surface area contributed by atoms with E-state index in [1.807, 2.05) is 18.7 Å². The molecular formula is C19H26N4O3. The number of carbonyl (C=O) groups is 2. The third-order valence-electron chi connectivity index (χ3n) is 5.99. The van der Waals surface area contributed by atoms with Crippen molar-refractivity contribution in [3.8, 4) is 0 Å². The Kier molecular flexibility index (Phi) is 4.42. The zero-order chi connectivity index (χ0) is 18.3. The quantitative estimate of drug-likeness (QED) is 0.879. The molecule has 1 saturated carbocycles. The Morgan fingerprint density at radius 1 is 1.38 bits per heavy atom. The van der Waals surface area contributed by atoms with Gasteiger partial charge in [0.15, 0.2) is 5.69 Å². The van der Waals surface area contributed by atoms with Crippen LogP contribution in [0, 0.1) is 11.3 Å². The molecule has 1 spiro atoms. The fourth-order valence-corrected chi connectivity index (χ4v) is 4.41. The smallest absolute Gasteiger partial charge is 0.274 e. The summed E-state index contributed by atoms with van der Waals surface area (Å²) in [6, 6.07) is 3.42. The third-order valence-corrected chi connectivity index (χ3v) is 5.99. The summed E-state index contributed by atoms with van der Waals surface area (Å²) in [5, 5.41) is 10.8. The Labute approximate surface area is 153 Å². The number of hydrogen-bond donors (Lipinski definition) is 1. The minimum Gasteiger partial charge on any atom is -0.365 e. The van der Waals surface area contributed by atoms with Crippen LogP contribution in [0.3, 0.4) is 0 Å². The number of nitrogens with one attached hydrogen (secondary N) is 1. The van der Waals surface area contributed by atoms with Gasteiger partial charge in [-0.1, -0.05) is 6.92 Å². The highest BCUT2D eigenvalue weighted by molar-refractivity contribution is 5.92. The van der Waals surface area contributed by atoms with Gasteiger partial charge in [-0.2, -0.15) is 5.10 Å². The summed E-state index contributed by atoms with van der Waals surface area (Å²) in [5.41, 5.74) is 0.613. The topological polar surface area (TPSA) is 84.4 Å². The largest absolute Gasteiger partial charge is 0.365 e. The molecule has 0 radical (unpaired) electrons. The SMILES string of the molecule is CC1CC(C)C(C(=O)NCC2CC3(CC3)CN2C(=O)c2cccnn2)O1. The second kappa shape index (κ2) is 6.61. The Bertz CT molecular complexity index is 691. The van der Waals surface area contributed by atoms with Crippen LogP contribution in [0.1, 0.15) is 50.0 Å². The van der Waals surface area contributed by atoms with E-state index in [1.54, 1.807) is 18.3 Å². The number of likely N-dealkylation sites (tertiary alicyclic amines) is 1. The van der Waals surface area contributed by atoms with Gasteiger partial charge in [-0.25, -0.2) is 0 Å². The molecule has 140 valence electrons. The van der Waals surface area contributed by atoms with Gasteiger partial charge in [0.05, 0.1) is 12.1 Å². The Balaban J connectivity index is 1.41. The van der Waals surface area contributed by atoms with E-state index in [2.05, 4.69) is 15.5 Å². The lowest BCUT2D eigenvalue weighted by Crippen LogP contribution is -2.46. The number of hydrogen-bond acceptors (Lipinski definition) is 5. The van der Waals surface area contributed by atoms with Crippen molar-refractivity contribution in [2.75, 3.05) is 13.1 Å². The van der Waals surface area contributed by atoms with Crippen LogP contribution in [-0.2, 0) is 9.53 Å². The molecule has 2 saturated heterocycles. The lowest BCUT2D eigenvalue weighted by molar-refractivity contribution is -0.133. The maximum atomic E-state index is 12.9. The fourth-order valence-electron chi connectivity index (χ4n) is 4.41. The van der Waals surface area contributed by atoms with Gasteiger partial charge in [-0.05, 0) is 56.1 Å². The molecule has 1 N–H and O–H groups in total. The molecule has 7 heteroatoms. The number of amides is 2. The number of carbonyl (C=O) groups excluding carboxylic acids is 2. The van der Waals surface area contributed by atoms with Gasteiger partial charge in [0.2, 0.25) is 5.91 Å². The number of ether oxygens (including phenoxy) is 1. The van der Waals surface area contributed by atoms with Crippen LogP contribution < -0.4 is 5.32 Å². The van der Waals surface area contributed by atoms with Gasteiger partial charge >= 0.3 is 0 Å². The highest BCUT2D eigenvalue weighted by Gasteiger charge is 2.53. The van der Waals surface area contributed by atoms with Gasteiger partial charge in [-0.15, -0.1) is 5.10 Å². The lowest BCUT2D eigenvalue weighted by atomic mass is 10.0. The molecule has 1 aromatic rings. The minimum absolute atomic E-state index is 0.00471. The average Bonchev–Trinajstić information content (AvgIpc) is 3.16. The summed E-state index contributed by atoms with van der Waals surface area (Å²) in [6.45, 7) is 5.26. The molecule has 26 heavy (non-hydrogen) atoms. The van der Waals surface area contributed by atoms with E-state index in [0.29, 0.717) is 12.2 Å². The van der Waals surface area contributed by atoms with Crippen molar-refractivity contribution in [1.29, 1.82) is 0 Å². The molecule has 2 amide bonds. The van der Waals surface area contributed by atoms with Gasteiger partial charge in [0.1, 0.15) is 6.10 Å². The number of aromatic nitrogens is 2. The van der Waals surface area contributed by atoms with Crippen molar-refractivity contribution >= 4 is 11.8 Å². The molecule has 3 aliphatic rings. The molecule has 4 rings (SSSR count). The third kappa shape index (κ3) is 3.32. The van der Waals surface area contributed by atoms with Crippen LogP contribution >= 0.6 is 0 Å². The molecule has 2 aliphatic heterocycles. The summed E-state index contributed by atoms with van der Waals surface area (Å²) < 4.78 is 5.74. The Morgan fingerprint density at radius 3 is 2.81 bits per heavy atom. The van der Waals surface area contributed by atoms with E-state index in [-0.39, 0.29) is 41.4 Å². The molecule has 3 heterocycles. The molecule has 1 aromatic heterocycles. The molecule has 4 atom stereocenters. The predicted molar refractivity (Wildman–Crippen MR) is 94.3 cm³/mol. The van der Waals surface area contributed by atoms with Crippen molar-refractivity contribution < 1.29 is 14.3 Å². The van der Waals surface area contributed by atoms with E-state index in [9.17, 15) is 9.59 Å². The van der Waals surface area contributed by atoms with Crippen LogP contribution in [0.15, 0.2) is 18.3 Å². The van der Waals surface area contributed by atoms with E-state index < -0.39 is 0 Å². The summed E-state index contributed by atoms with van der Waals surface area (Å²) in [5.74, 6) is 0.0615. The summed E-state index contributed by atoms with van der Waals surface area (Å²) in [7, 11) is 0. The van der Waals surface area contributed by atoms with Crippen LogP contribution in [0.2, 0.25) is 0 Å². The number of rotatable bonds is 4. The molecule has 1 aliphatic carbocycles. The predicted octanol–water partition coefficient (Wildman–Crippen LogP) is 1.40. The van der Waals surface area contributed by atoms with E-state index in [1.165, 1.54) is 0 Å². The zero-order valence-corrected chi connectivity index (χ0v) is 15.4. The summed E-state index contributed by atoms with van der Waals surface area (Å²) >= 11 is 0. The molecule has 0 bridgehead atoms. The van der Waals surface area contributed by atoms with Crippen LogP contribution in [0.25, 0.3) is 0 Å². The maximum absolute atomic E-state index is 12.9. The normalized spacial score (nSPS) is 32.0. The maximum Gasteiger partial charge on any atom is 0.274 e. The second-order valence-corrected chi connectivity index (χ2v) is 8.23. The van der Waals surface area contributed by atoms with Gasteiger partial charge in [0, 0.05) is 19.3 Å². The number of nitrogens with zero attached hydrogens (tertiary/aromatic N) is 3.